The van der Waals surface area contributed by atoms with Crippen LogP contribution in [0.25, 0.3) is 11.6 Å². The van der Waals surface area contributed by atoms with Crippen LogP contribution in [0.4, 0.5) is 0 Å². The lowest BCUT2D eigenvalue weighted by Crippen LogP contribution is -2.28. The fourth-order valence-corrected chi connectivity index (χ4v) is 2.69. The van der Waals surface area contributed by atoms with Crippen molar-refractivity contribution in [3.63, 3.8) is 0 Å². The molecule has 98 valence electrons. The molecule has 0 saturated heterocycles. The molecule has 2 aromatic rings. The topological polar surface area (TPSA) is 56.0 Å². The molecule has 1 aliphatic rings. The Hall–Kier alpha value is -1.49. The zero-order chi connectivity index (χ0) is 13.6. The van der Waals surface area contributed by atoms with E-state index >= 15 is 0 Å². The molecular weight excluding hydrogens is 308 g/mol. The molecular formula is C14H13BrN2O2. The van der Waals surface area contributed by atoms with Crippen LogP contribution in [0.1, 0.15) is 36.3 Å². The Morgan fingerprint density at radius 3 is 2.79 bits per heavy atom. The Bertz CT molecular complexity index is 661. The average molecular weight is 321 g/mol. The van der Waals surface area contributed by atoms with Gasteiger partial charge in [0.25, 0.3) is 0 Å². The van der Waals surface area contributed by atoms with Gasteiger partial charge < -0.3 is 4.42 Å². The van der Waals surface area contributed by atoms with Crippen LogP contribution in [-0.4, -0.2) is 15.8 Å². The minimum Gasteiger partial charge on any atom is -0.446 e. The quantitative estimate of drug-likeness (QED) is 0.804. The number of furan rings is 1. The third kappa shape index (κ3) is 2.34. The van der Waals surface area contributed by atoms with Crippen LogP contribution >= 0.6 is 15.9 Å². The summed E-state index contributed by atoms with van der Waals surface area (Å²) in [7, 11) is 0. The number of nitrogens with zero attached hydrogens (tertiary/aromatic N) is 2. The van der Waals surface area contributed by atoms with Crippen molar-refractivity contribution in [1.82, 2.24) is 9.97 Å². The van der Waals surface area contributed by atoms with Crippen molar-refractivity contribution in [1.29, 1.82) is 0 Å². The van der Waals surface area contributed by atoms with Crippen LogP contribution in [0.5, 0.6) is 0 Å². The van der Waals surface area contributed by atoms with Crippen molar-refractivity contribution in [2.75, 3.05) is 0 Å². The van der Waals surface area contributed by atoms with Crippen molar-refractivity contribution in [3.05, 3.63) is 34.3 Å². The Morgan fingerprint density at radius 2 is 2.11 bits per heavy atom. The third-order valence-corrected chi connectivity index (χ3v) is 3.67. The van der Waals surface area contributed by atoms with E-state index in [2.05, 4.69) is 39.7 Å². The molecule has 0 amide bonds. The van der Waals surface area contributed by atoms with Gasteiger partial charge in [0.15, 0.2) is 22.0 Å². The van der Waals surface area contributed by atoms with Gasteiger partial charge in [0, 0.05) is 12.6 Å². The number of hydrogen-bond donors (Lipinski definition) is 0. The summed E-state index contributed by atoms with van der Waals surface area (Å²) < 4.78 is 6.09. The Kier molecular flexibility index (Phi) is 2.82. The predicted octanol–water partition coefficient (Wildman–Crippen LogP) is 3.65. The first kappa shape index (κ1) is 12.5. The van der Waals surface area contributed by atoms with Gasteiger partial charge in [-0.3, -0.25) is 4.79 Å². The molecule has 3 rings (SSSR count). The molecule has 0 N–H and O–H groups in total. The molecule has 0 bridgehead atoms. The summed E-state index contributed by atoms with van der Waals surface area (Å²) in [4.78, 5) is 20.8. The second-order valence-electron chi connectivity index (χ2n) is 5.60. The number of aromatic nitrogens is 2. The van der Waals surface area contributed by atoms with Gasteiger partial charge in [-0.1, -0.05) is 13.8 Å². The van der Waals surface area contributed by atoms with E-state index in [9.17, 15) is 4.79 Å². The fraction of sp³-hybridized carbons (Fsp3) is 0.357. The van der Waals surface area contributed by atoms with Crippen molar-refractivity contribution in [2.45, 2.75) is 26.7 Å². The van der Waals surface area contributed by atoms with Crippen LogP contribution in [-0.2, 0) is 6.42 Å². The van der Waals surface area contributed by atoms with Gasteiger partial charge >= 0.3 is 0 Å². The maximum atomic E-state index is 12.0. The lowest BCUT2D eigenvalue weighted by Gasteiger charge is -2.29. The summed E-state index contributed by atoms with van der Waals surface area (Å²) in [6.45, 7) is 4.16. The summed E-state index contributed by atoms with van der Waals surface area (Å²) in [5.74, 6) is 1.25. The molecule has 0 atom stereocenters. The van der Waals surface area contributed by atoms with Crippen LogP contribution < -0.4 is 0 Å². The van der Waals surface area contributed by atoms with Crippen LogP contribution in [0, 0.1) is 5.41 Å². The number of fused-ring (bicyclic) bond motifs is 1. The van der Waals surface area contributed by atoms with Crippen molar-refractivity contribution in [3.8, 4) is 11.6 Å². The highest BCUT2D eigenvalue weighted by atomic mass is 79.9. The van der Waals surface area contributed by atoms with Crippen molar-refractivity contribution in [2.24, 2.45) is 5.41 Å². The molecule has 0 radical (unpaired) electrons. The van der Waals surface area contributed by atoms with Gasteiger partial charge in [0.05, 0.1) is 11.3 Å². The highest BCUT2D eigenvalue weighted by Crippen LogP contribution is 2.34. The predicted molar refractivity (Wildman–Crippen MR) is 73.9 cm³/mol. The van der Waals surface area contributed by atoms with Crippen molar-refractivity contribution >= 4 is 21.7 Å². The van der Waals surface area contributed by atoms with Crippen LogP contribution in [0.3, 0.4) is 0 Å². The maximum Gasteiger partial charge on any atom is 0.195 e. The second-order valence-corrected chi connectivity index (χ2v) is 6.38. The largest absolute Gasteiger partial charge is 0.446 e. The van der Waals surface area contributed by atoms with Crippen LogP contribution in [0.15, 0.2) is 27.4 Å². The Balaban J connectivity index is 2.06. The zero-order valence-corrected chi connectivity index (χ0v) is 12.3. The molecule has 19 heavy (non-hydrogen) atoms. The molecule has 5 heteroatoms. The molecule has 0 aromatic carbocycles. The summed E-state index contributed by atoms with van der Waals surface area (Å²) in [6, 6.07) is 3.61. The summed E-state index contributed by atoms with van der Waals surface area (Å²) in [6.07, 6.45) is 2.95. The first-order valence-electron chi connectivity index (χ1n) is 6.09. The minimum atomic E-state index is -0.0422. The van der Waals surface area contributed by atoms with Gasteiger partial charge in [-0.05, 0) is 39.9 Å². The number of halogens is 1. The van der Waals surface area contributed by atoms with Gasteiger partial charge in [-0.15, -0.1) is 0 Å². The first-order valence-corrected chi connectivity index (χ1v) is 6.89. The zero-order valence-electron chi connectivity index (χ0n) is 10.7. The lowest BCUT2D eigenvalue weighted by molar-refractivity contribution is 0.0909. The standard InChI is InChI=1S/C14H13BrN2O2/c1-14(2)5-9-8(10(18)6-14)7-16-13(17-9)11-3-4-12(15)19-11/h3-4,7H,5-6H2,1-2H3. The first-order chi connectivity index (χ1) is 8.94. The lowest BCUT2D eigenvalue weighted by atomic mass is 9.76. The molecule has 0 spiro atoms. The number of hydrogen-bond acceptors (Lipinski definition) is 4. The highest BCUT2D eigenvalue weighted by Gasteiger charge is 2.32. The molecule has 0 saturated carbocycles. The summed E-state index contributed by atoms with van der Waals surface area (Å²) >= 11 is 3.26. The molecule has 2 aromatic heterocycles. The monoisotopic (exact) mass is 320 g/mol. The molecule has 1 aliphatic carbocycles. The van der Waals surface area contributed by atoms with E-state index in [1.807, 2.05) is 6.07 Å². The smallest absolute Gasteiger partial charge is 0.195 e. The number of carbonyl (C=O) groups excluding carboxylic acids is 1. The molecule has 0 aliphatic heterocycles. The third-order valence-electron chi connectivity index (χ3n) is 3.25. The Labute approximate surface area is 119 Å². The minimum absolute atomic E-state index is 0.0422. The molecule has 0 fully saturated rings. The number of Topliss-reactive ketones (excluding diaryl/α,β-unsaturated/α-hetero) is 1. The van der Waals surface area contributed by atoms with E-state index in [0.29, 0.717) is 28.2 Å². The number of carbonyl (C=O) groups is 1. The van der Waals surface area contributed by atoms with Gasteiger partial charge in [0.1, 0.15) is 0 Å². The normalized spacial score (nSPS) is 17.3. The van der Waals surface area contributed by atoms with Crippen LogP contribution in [0.2, 0.25) is 0 Å². The van der Waals surface area contributed by atoms with E-state index in [0.717, 1.165) is 12.1 Å². The van der Waals surface area contributed by atoms with Gasteiger partial charge in [-0.2, -0.15) is 0 Å². The number of ketones is 1. The van der Waals surface area contributed by atoms with E-state index in [1.54, 1.807) is 12.3 Å². The maximum absolute atomic E-state index is 12.0. The SMILES string of the molecule is CC1(C)CC(=O)c2cnc(-c3ccc(Br)o3)nc2C1. The molecule has 2 heterocycles. The van der Waals surface area contributed by atoms with E-state index in [4.69, 9.17) is 4.42 Å². The van der Waals surface area contributed by atoms with Gasteiger partial charge in [0.2, 0.25) is 0 Å². The number of rotatable bonds is 1. The van der Waals surface area contributed by atoms with Gasteiger partial charge in [-0.25, -0.2) is 9.97 Å². The van der Waals surface area contributed by atoms with Crippen molar-refractivity contribution < 1.29 is 9.21 Å². The molecule has 4 nitrogen and oxygen atoms in total. The highest BCUT2D eigenvalue weighted by molar-refractivity contribution is 9.10. The Morgan fingerprint density at radius 1 is 1.32 bits per heavy atom. The summed E-state index contributed by atoms with van der Waals surface area (Å²) in [5, 5.41) is 0. The van der Waals surface area contributed by atoms with E-state index in [1.165, 1.54) is 0 Å². The fourth-order valence-electron chi connectivity index (χ4n) is 2.38. The second kappa shape index (κ2) is 4.27. The average Bonchev–Trinajstić information content (AvgIpc) is 2.73. The van der Waals surface area contributed by atoms with E-state index < -0.39 is 0 Å². The molecule has 0 unspecified atom stereocenters. The summed E-state index contributed by atoms with van der Waals surface area (Å²) in [5.41, 5.74) is 1.42. The van der Waals surface area contributed by atoms with E-state index in [-0.39, 0.29) is 11.2 Å².